The average molecular weight is 749 g/mol. The Bertz CT molecular complexity index is 2040. The van der Waals surface area contributed by atoms with Gasteiger partial charge in [-0.25, -0.2) is 4.39 Å². The summed E-state index contributed by atoms with van der Waals surface area (Å²) in [5.41, 5.74) is 3.47. The van der Waals surface area contributed by atoms with Gasteiger partial charge < -0.3 is 19.7 Å². The molecule has 0 saturated carbocycles. The summed E-state index contributed by atoms with van der Waals surface area (Å²) in [6, 6.07) is 22.5. The number of thioether (sulfide) groups is 1. The third-order valence-corrected chi connectivity index (χ3v) is 10.3. The fourth-order valence-electron chi connectivity index (χ4n) is 5.17. The molecule has 48 heavy (non-hydrogen) atoms. The highest BCUT2D eigenvalue weighted by Crippen LogP contribution is 2.47. The summed E-state index contributed by atoms with van der Waals surface area (Å²) in [6.45, 7) is 2.35. The molecule has 1 unspecified atom stereocenters. The molecule has 2 N–H and O–H groups in total. The number of rotatable bonds is 10. The first kappa shape index (κ1) is 33.2. The number of ether oxygens (including phenoxy) is 2. The van der Waals surface area contributed by atoms with E-state index < -0.39 is 23.5 Å². The highest BCUT2D eigenvalue weighted by molar-refractivity contribution is 9.10. The van der Waals surface area contributed by atoms with Crippen molar-refractivity contribution in [3.05, 3.63) is 129 Å². The van der Waals surface area contributed by atoms with Gasteiger partial charge in [0, 0.05) is 11.3 Å². The van der Waals surface area contributed by atoms with Gasteiger partial charge in [-0.1, -0.05) is 65.1 Å². The maximum absolute atomic E-state index is 13.7. The van der Waals surface area contributed by atoms with Crippen molar-refractivity contribution in [2.45, 2.75) is 29.7 Å². The predicted molar refractivity (Wildman–Crippen MR) is 185 cm³/mol. The number of anilines is 1. The van der Waals surface area contributed by atoms with E-state index in [1.54, 1.807) is 42.5 Å². The molecule has 0 radical (unpaired) electrons. The zero-order valence-corrected chi connectivity index (χ0v) is 28.7. The number of aromatic hydroxyl groups is 1. The van der Waals surface area contributed by atoms with Gasteiger partial charge in [0.25, 0.3) is 5.78 Å². The van der Waals surface area contributed by atoms with Crippen molar-refractivity contribution < 1.29 is 33.7 Å². The van der Waals surface area contributed by atoms with Gasteiger partial charge in [-0.15, -0.1) is 10.2 Å². The monoisotopic (exact) mass is 747 g/mol. The second kappa shape index (κ2) is 14.2. The molecule has 0 spiro atoms. The van der Waals surface area contributed by atoms with Crippen LogP contribution in [0, 0.1) is 12.7 Å². The standard InChI is InChI=1S/C35H27BrFN3O6S2/c1-19-4-3-5-21(14-19)17-46-25-12-8-22(9-13-25)30(41)28-29(23-15-26(36)31(42)27(16-23)45-2)40(33(44)32(28)43)34-38-39-35(48-34)47-18-20-6-10-24(37)11-7-20/h3-16,29,41-42H,17-18H2,1-2H3/b30-28+. The fraction of sp³-hybridized carbons (Fsp3) is 0.143. The van der Waals surface area contributed by atoms with E-state index in [4.69, 9.17) is 9.47 Å². The molecular weight excluding hydrogens is 721 g/mol. The third kappa shape index (κ3) is 6.93. The van der Waals surface area contributed by atoms with Crippen LogP contribution in [0.4, 0.5) is 9.52 Å². The van der Waals surface area contributed by atoms with Crippen molar-refractivity contribution in [2.24, 2.45) is 0 Å². The molecule has 1 aliphatic rings. The van der Waals surface area contributed by atoms with Crippen molar-refractivity contribution >= 4 is 61.6 Å². The van der Waals surface area contributed by atoms with Crippen molar-refractivity contribution in [1.82, 2.24) is 10.2 Å². The van der Waals surface area contributed by atoms with Crippen LogP contribution in [-0.4, -0.2) is 39.2 Å². The fourth-order valence-corrected chi connectivity index (χ4v) is 7.45. The van der Waals surface area contributed by atoms with Crippen LogP contribution in [0.5, 0.6) is 17.2 Å². The molecule has 13 heteroatoms. The lowest BCUT2D eigenvalue weighted by atomic mass is 9.95. The Kier molecular flexibility index (Phi) is 9.81. The van der Waals surface area contributed by atoms with E-state index in [-0.39, 0.29) is 32.5 Å². The lowest BCUT2D eigenvalue weighted by Crippen LogP contribution is -2.29. The SMILES string of the molecule is COc1cc(C2/C(=C(\O)c3ccc(OCc4cccc(C)c4)cc3)C(=O)C(=O)N2c2nnc(SCc3ccc(F)cc3)s2)cc(Br)c1O. The highest BCUT2D eigenvalue weighted by atomic mass is 79.9. The van der Waals surface area contributed by atoms with Crippen molar-refractivity contribution in [1.29, 1.82) is 0 Å². The minimum absolute atomic E-state index is 0.0906. The predicted octanol–water partition coefficient (Wildman–Crippen LogP) is 7.96. The summed E-state index contributed by atoms with van der Waals surface area (Å²) in [4.78, 5) is 28.5. The normalized spacial score (nSPS) is 15.6. The van der Waals surface area contributed by atoms with Gasteiger partial charge in [0.2, 0.25) is 5.13 Å². The maximum Gasteiger partial charge on any atom is 0.301 e. The van der Waals surface area contributed by atoms with Gasteiger partial charge >= 0.3 is 5.91 Å². The molecular formula is C35H27BrFN3O6S2. The lowest BCUT2D eigenvalue weighted by molar-refractivity contribution is -0.132. The molecule has 0 bridgehead atoms. The Morgan fingerprint density at radius 2 is 1.77 bits per heavy atom. The molecule has 4 aromatic carbocycles. The number of nitrogens with zero attached hydrogens (tertiary/aromatic N) is 3. The minimum atomic E-state index is -1.14. The quantitative estimate of drug-likeness (QED) is 0.0482. The summed E-state index contributed by atoms with van der Waals surface area (Å²) in [6.07, 6.45) is 0. The van der Waals surface area contributed by atoms with Crippen LogP contribution in [0.3, 0.4) is 0 Å². The second-order valence-electron chi connectivity index (χ2n) is 10.8. The molecule has 1 aliphatic heterocycles. The van der Waals surface area contributed by atoms with E-state index in [0.29, 0.717) is 33.6 Å². The Morgan fingerprint density at radius 3 is 2.48 bits per heavy atom. The van der Waals surface area contributed by atoms with Gasteiger partial charge in [0.15, 0.2) is 15.8 Å². The highest BCUT2D eigenvalue weighted by Gasteiger charge is 2.48. The first-order chi connectivity index (χ1) is 23.1. The molecule has 244 valence electrons. The number of phenols is 1. The number of ketones is 1. The van der Waals surface area contributed by atoms with E-state index in [2.05, 4.69) is 26.1 Å². The summed E-state index contributed by atoms with van der Waals surface area (Å²) >= 11 is 5.76. The number of halogens is 2. The van der Waals surface area contributed by atoms with Crippen molar-refractivity contribution in [3.8, 4) is 17.2 Å². The Balaban J connectivity index is 1.34. The molecule has 1 fully saturated rings. The number of Topliss-reactive ketones (excluding diaryl/α,β-unsaturated/α-hetero) is 1. The Labute approximate surface area is 291 Å². The number of methoxy groups -OCH3 is 1. The number of aliphatic hydroxyl groups excluding tert-OH is 1. The molecule has 2 heterocycles. The number of hydrogen-bond donors (Lipinski definition) is 2. The number of carbonyl (C=O) groups is 2. The van der Waals surface area contributed by atoms with Crippen LogP contribution < -0.4 is 14.4 Å². The van der Waals surface area contributed by atoms with Gasteiger partial charge in [-0.3, -0.25) is 14.5 Å². The van der Waals surface area contributed by atoms with Crippen LogP contribution in [0.25, 0.3) is 5.76 Å². The largest absolute Gasteiger partial charge is 0.507 e. The van der Waals surface area contributed by atoms with Crippen LogP contribution in [0.1, 0.15) is 33.9 Å². The molecule has 1 aromatic heterocycles. The molecule has 1 atom stereocenters. The third-order valence-electron chi connectivity index (χ3n) is 7.52. The van der Waals surface area contributed by atoms with Crippen LogP contribution in [0.2, 0.25) is 0 Å². The van der Waals surface area contributed by atoms with E-state index in [1.165, 1.54) is 42.0 Å². The van der Waals surface area contributed by atoms with E-state index in [9.17, 15) is 24.2 Å². The number of aliphatic hydroxyl groups is 1. The Hall–Kier alpha value is -4.72. The first-order valence-electron chi connectivity index (χ1n) is 14.5. The van der Waals surface area contributed by atoms with E-state index in [1.807, 2.05) is 31.2 Å². The first-order valence-corrected chi connectivity index (χ1v) is 17.1. The van der Waals surface area contributed by atoms with Gasteiger partial charge in [0.1, 0.15) is 23.9 Å². The maximum atomic E-state index is 13.7. The number of hydrogen-bond acceptors (Lipinski definition) is 10. The number of amides is 1. The van der Waals surface area contributed by atoms with Crippen LogP contribution >= 0.6 is 39.0 Å². The molecule has 1 saturated heterocycles. The molecule has 1 amide bonds. The van der Waals surface area contributed by atoms with Crippen LogP contribution in [0.15, 0.2) is 99.3 Å². The number of aromatic nitrogens is 2. The number of benzene rings is 4. The summed E-state index contributed by atoms with van der Waals surface area (Å²) < 4.78 is 25.4. The average Bonchev–Trinajstić information content (AvgIpc) is 3.66. The second-order valence-corrected chi connectivity index (χ2v) is 13.8. The minimum Gasteiger partial charge on any atom is -0.507 e. The van der Waals surface area contributed by atoms with Crippen LogP contribution in [-0.2, 0) is 21.9 Å². The summed E-state index contributed by atoms with van der Waals surface area (Å²) in [7, 11) is 1.38. The zero-order valence-electron chi connectivity index (χ0n) is 25.5. The van der Waals surface area contributed by atoms with E-state index >= 15 is 0 Å². The molecule has 9 nitrogen and oxygen atoms in total. The molecule has 5 aromatic rings. The lowest BCUT2D eigenvalue weighted by Gasteiger charge is -2.23. The molecule has 0 aliphatic carbocycles. The summed E-state index contributed by atoms with van der Waals surface area (Å²) in [5, 5.41) is 30.7. The zero-order chi connectivity index (χ0) is 33.9. The smallest absolute Gasteiger partial charge is 0.301 e. The van der Waals surface area contributed by atoms with Gasteiger partial charge in [0.05, 0.1) is 23.2 Å². The van der Waals surface area contributed by atoms with Gasteiger partial charge in [-0.05, 0) is 88.1 Å². The van der Waals surface area contributed by atoms with E-state index in [0.717, 1.165) is 28.0 Å². The topological polar surface area (TPSA) is 122 Å². The number of aryl methyl sites for hydroxylation is 1. The summed E-state index contributed by atoms with van der Waals surface area (Å²) in [5.74, 6) is -1.61. The van der Waals surface area contributed by atoms with Gasteiger partial charge in [-0.2, -0.15) is 0 Å². The molecule has 6 rings (SSSR count). The number of carbonyl (C=O) groups excluding carboxylic acids is 2. The Morgan fingerprint density at radius 1 is 1.02 bits per heavy atom. The number of phenolic OH excluding ortho intramolecular Hbond substituents is 1. The van der Waals surface area contributed by atoms with Crippen molar-refractivity contribution in [3.63, 3.8) is 0 Å². The van der Waals surface area contributed by atoms with Crippen molar-refractivity contribution in [2.75, 3.05) is 12.0 Å².